The normalized spacial score (nSPS) is 9.89. The smallest absolute Gasteiger partial charge is 0.320 e. The molecule has 0 aliphatic heterocycles. The van der Waals surface area contributed by atoms with Crippen LogP contribution in [0.4, 0.5) is 0 Å². The van der Waals surface area contributed by atoms with Crippen LogP contribution >= 0.6 is 0 Å². The van der Waals surface area contributed by atoms with Crippen molar-refractivity contribution in [2.45, 2.75) is 6.54 Å². The fourth-order valence-electron chi connectivity index (χ4n) is 1.73. The third kappa shape index (κ3) is 2.70. The van der Waals surface area contributed by atoms with Crippen LogP contribution in [-0.2, 0) is 13.6 Å². The quantitative estimate of drug-likeness (QED) is 0.780. The number of aryl methyl sites for hydroxylation is 1. The lowest BCUT2D eigenvalue weighted by atomic mass is 10.1. The molecule has 0 spiro atoms. The SMILES string of the molecule is Cn1ccn(Cc2cccc(C#CCN)c2)c1=O. The van der Waals surface area contributed by atoms with Crippen molar-refractivity contribution in [2.75, 3.05) is 6.54 Å². The molecule has 4 heteroatoms. The number of imidazole rings is 1. The zero-order valence-corrected chi connectivity index (χ0v) is 10.3. The Morgan fingerprint density at radius 3 is 2.83 bits per heavy atom. The third-order valence-corrected chi connectivity index (χ3v) is 2.63. The van der Waals surface area contributed by atoms with Crippen LogP contribution in [0.1, 0.15) is 11.1 Å². The molecule has 1 aromatic heterocycles. The monoisotopic (exact) mass is 241 g/mol. The molecule has 0 radical (unpaired) electrons. The molecular weight excluding hydrogens is 226 g/mol. The molecule has 18 heavy (non-hydrogen) atoms. The van der Waals surface area contributed by atoms with Crippen molar-refractivity contribution in [3.63, 3.8) is 0 Å². The summed E-state index contributed by atoms with van der Waals surface area (Å²) >= 11 is 0. The minimum atomic E-state index is -0.0200. The van der Waals surface area contributed by atoms with Crippen LogP contribution in [0.3, 0.4) is 0 Å². The van der Waals surface area contributed by atoms with Crippen molar-refractivity contribution in [1.29, 1.82) is 0 Å². The number of nitrogens with zero attached hydrogens (tertiary/aromatic N) is 2. The van der Waals surface area contributed by atoms with Crippen LogP contribution in [0.15, 0.2) is 41.5 Å². The zero-order chi connectivity index (χ0) is 13.0. The first kappa shape index (κ1) is 12.2. The summed E-state index contributed by atoms with van der Waals surface area (Å²) in [6.07, 6.45) is 3.53. The van der Waals surface area contributed by atoms with Crippen LogP contribution in [0, 0.1) is 11.8 Å². The van der Waals surface area contributed by atoms with E-state index in [-0.39, 0.29) is 5.69 Å². The van der Waals surface area contributed by atoms with Gasteiger partial charge in [-0.25, -0.2) is 4.79 Å². The Labute approximate surface area is 106 Å². The van der Waals surface area contributed by atoms with E-state index in [1.807, 2.05) is 24.3 Å². The van der Waals surface area contributed by atoms with Crippen LogP contribution in [0.2, 0.25) is 0 Å². The van der Waals surface area contributed by atoms with E-state index in [0.29, 0.717) is 13.1 Å². The number of nitrogens with two attached hydrogens (primary N) is 1. The van der Waals surface area contributed by atoms with Gasteiger partial charge >= 0.3 is 5.69 Å². The molecule has 0 fully saturated rings. The molecular formula is C14H15N3O. The molecule has 1 heterocycles. The maximum absolute atomic E-state index is 11.7. The highest BCUT2D eigenvalue weighted by atomic mass is 16.1. The Morgan fingerprint density at radius 1 is 1.33 bits per heavy atom. The zero-order valence-electron chi connectivity index (χ0n) is 10.3. The summed E-state index contributed by atoms with van der Waals surface area (Å²) in [6.45, 7) is 0.903. The number of hydrogen-bond donors (Lipinski definition) is 1. The molecule has 1 aromatic carbocycles. The Kier molecular flexibility index (Phi) is 3.66. The molecule has 0 unspecified atom stereocenters. The van der Waals surface area contributed by atoms with Gasteiger partial charge in [-0.3, -0.25) is 4.57 Å². The maximum Gasteiger partial charge on any atom is 0.328 e. The van der Waals surface area contributed by atoms with E-state index in [0.717, 1.165) is 11.1 Å². The molecule has 2 N–H and O–H groups in total. The average Bonchev–Trinajstić information content (AvgIpc) is 2.69. The minimum Gasteiger partial charge on any atom is -0.320 e. The number of aromatic nitrogens is 2. The van der Waals surface area contributed by atoms with Crippen molar-refractivity contribution < 1.29 is 0 Å². The van der Waals surface area contributed by atoms with Crippen molar-refractivity contribution in [2.24, 2.45) is 12.8 Å². The highest BCUT2D eigenvalue weighted by Gasteiger charge is 2.01. The molecule has 0 saturated carbocycles. The van der Waals surface area contributed by atoms with Gasteiger partial charge in [-0.1, -0.05) is 24.0 Å². The summed E-state index contributed by atoms with van der Waals surface area (Å²) in [5.74, 6) is 5.80. The third-order valence-electron chi connectivity index (χ3n) is 2.63. The van der Waals surface area contributed by atoms with Crippen LogP contribution in [0.5, 0.6) is 0 Å². The molecule has 2 aromatic rings. The lowest BCUT2D eigenvalue weighted by Gasteiger charge is -2.02. The van der Waals surface area contributed by atoms with Crippen molar-refractivity contribution >= 4 is 0 Å². The predicted octanol–water partition coefficient (Wildman–Crippen LogP) is 0.545. The fraction of sp³-hybridized carbons (Fsp3) is 0.214. The number of benzene rings is 1. The highest BCUT2D eigenvalue weighted by molar-refractivity contribution is 5.37. The minimum absolute atomic E-state index is 0.0200. The van der Waals surface area contributed by atoms with Gasteiger partial charge in [0.1, 0.15) is 0 Å². The van der Waals surface area contributed by atoms with Gasteiger partial charge in [0.25, 0.3) is 0 Å². The highest BCUT2D eigenvalue weighted by Crippen LogP contribution is 2.05. The molecule has 0 saturated heterocycles. The van der Waals surface area contributed by atoms with Crippen LogP contribution < -0.4 is 11.4 Å². The van der Waals surface area contributed by atoms with Gasteiger partial charge in [0.2, 0.25) is 0 Å². The summed E-state index contributed by atoms with van der Waals surface area (Å²) in [7, 11) is 1.74. The fourth-order valence-corrected chi connectivity index (χ4v) is 1.73. The first-order valence-corrected chi connectivity index (χ1v) is 5.70. The van der Waals surface area contributed by atoms with E-state index >= 15 is 0 Å². The molecule has 0 bridgehead atoms. The number of hydrogen-bond acceptors (Lipinski definition) is 2. The van der Waals surface area contributed by atoms with Gasteiger partial charge in [0.15, 0.2) is 0 Å². The second-order valence-corrected chi connectivity index (χ2v) is 4.03. The largest absolute Gasteiger partial charge is 0.328 e. The number of rotatable bonds is 2. The molecule has 0 amide bonds. The van der Waals surface area contributed by atoms with E-state index in [1.54, 1.807) is 28.6 Å². The Bertz CT molecular complexity index is 655. The summed E-state index contributed by atoms with van der Waals surface area (Å²) in [5, 5.41) is 0. The van der Waals surface area contributed by atoms with Gasteiger partial charge in [-0.15, -0.1) is 0 Å². The Balaban J connectivity index is 2.24. The molecule has 0 atom stereocenters. The Morgan fingerprint density at radius 2 is 2.17 bits per heavy atom. The molecule has 0 aliphatic rings. The standard InChI is InChI=1S/C14H15N3O/c1-16-8-9-17(14(16)18)11-13-5-2-4-12(10-13)6-3-7-15/h2,4-5,8-10H,7,11,15H2,1H3. The summed E-state index contributed by atoms with van der Waals surface area (Å²) in [6, 6.07) is 7.82. The molecule has 2 rings (SSSR count). The summed E-state index contributed by atoms with van der Waals surface area (Å²) in [5.41, 5.74) is 7.29. The second kappa shape index (κ2) is 5.39. The van der Waals surface area contributed by atoms with Gasteiger partial charge < -0.3 is 10.3 Å². The predicted molar refractivity (Wildman–Crippen MR) is 71.1 cm³/mol. The van der Waals surface area contributed by atoms with Gasteiger partial charge in [-0.2, -0.15) is 0 Å². The van der Waals surface area contributed by atoms with E-state index in [9.17, 15) is 4.79 Å². The maximum atomic E-state index is 11.7. The van der Waals surface area contributed by atoms with Crippen LogP contribution in [-0.4, -0.2) is 15.7 Å². The van der Waals surface area contributed by atoms with E-state index in [1.165, 1.54) is 0 Å². The first-order chi connectivity index (χ1) is 8.70. The van der Waals surface area contributed by atoms with Crippen molar-refractivity contribution in [1.82, 2.24) is 9.13 Å². The Hall–Kier alpha value is -2.25. The first-order valence-electron chi connectivity index (χ1n) is 5.70. The van der Waals surface area contributed by atoms with Gasteiger partial charge in [-0.05, 0) is 17.7 Å². The summed E-state index contributed by atoms with van der Waals surface area (Å²) < 4.78 is 3.22. The van der Waals surface area contributed by atoms with Gasteiger partial charge in [0, 0.05) is 25.0 Å². The van der Waals surface area contributed by atoms with Gasteiger partial charge in [0.05, 0.1) is 13.1 Å². The van der Waals surface area contributed by atoms with Crippen molar-refractivity contribution in [3.05, 3.63) is 58.3 Å². The van der Waals surface area contributed by atoms with E-state index in [4.69, 9.17) is 5.73 Å². The van der Waals surface area contributed by atoms with Crippen LogP contribution in [0.25, 0.3) is 0 Å². The summed E-state index contributed by atoms with van der Waals surface area (Å²) in [4.78, 5) is 11.7. The lowest BCUT2D eigenvalue weighted by molar-refractivity contribution is 0.717. The topological polar surface area (TPSA) is 52.9 Å². The average molecular weight is 241 g/mol. The second-order valence-electron chi connectivity index (χ2n) is 4.03. The van der Waals surface area contributed by atoms with E-state index in [2.05, 4.69) is 11.8 Å². The lowest BCUT2D eigenvalue weighted by Crippen LogP contribution is -2.22. The molecule has 0 aliphatic carbocycles. The van der Waals surface area contributed by atoms with Crippen molar-refractivity contribution in [3.8, 4) is 11.8 Å². The molecule has 4 nitrogen and oxygen atoms in total. The molecule has 92 valence electrons. The van der Waals surface area contributed by atoms with E-state index < -0.39 is 0 Å².